The van der Waals surface area contributed by atoms with Crippen LogP contribution in [0.1, 0.15) is 0 Å². The van der Waals surface area contributed by atoms with Crippen molar-refractivity contribution in [2.45, 2.75) is 5.16 Å². The minimum absolute atomic E-state index is 0.648. The highest BCUT2D eigenvalue weighted by Crippen LogP contribution is 2.24. The van der Waals surface area contributed by atoms with E-state index >= 15 is 0 Å². The minimum Gasteiger partial charge on any atom is -0.461 e. The molecular weight excluding hydrogens is 304 g/mol. The Hall–Kier alpha value is -1.34. The van der Waals surface area contributed by atoms with Crippen molar-refractivity contribution < 1.29 is 4.42 Å². The Morgan fingerprint density at radius 3 is 3.00 bits per heavy atom. The topological polar surface area (TPSA) is 56.2 Å². The molecule has 3 rings (SSSR count). The highest BCUT2D eigenvalue weighted by atomic mass is 79.9. The summed E-state index contributed by atoms with van der Waals surface area (Å²) in [6.07, 6.45) is 5.24. The highest BCUT2D eigenvalue weighted by molar-refractivity contribution is 9.10. The zero-order valence-electron chi connectivity index (χ0n) is 8.79. The maximum atomic E-state index is 5.36. The van der Waals surface area contributed by atoms with Gasteiger partial charge in [-0.25, -0.2) is 4.98 Å². The van der Waals surface area contributed by atoms with Crippen molar-refractivity contribution >= 4 is 33.3 Å². The molecule has 0 aromatic carbocycles. The zero-order valence-corrected chi connectivity index (χ0v) is 11.2. The first-order valence-electron chi connectivity index (χ1n) is 4.79. The van der Waals surface area contributed by atoms with Crippen LogP contribution in [0.4, 0.5) is 0 Å². The van der Waals surface area contributed by atoms with Crippen LogP contribution in [-0.2, 0) is 0 Å². The Morgan fingerprint density at radius 1 is 1.41 bits per heavy atom. The third-order valence-electron chi connectivity index (χ3n) is 2.23. The van der Waals surface area contributed by atoms with Crippen molar-refractivity contribution in [1.29, 1.82) is 0 Å². The number of hydrogen-bond donors (Lipinski definition) is 0. The monoisotopic (exact) mass is 310 g/mol. The largest absolute Gasteiger partial charge is 0.461 e. The molecule has 3 heterocycles. The van der Waals surface area contributed by atoms with E-state index in [1.54, 1.807) is 17.0 Å². The lowest BCUT2D eigenvalue weighted by molar-refractivity contribution is 0.571. The Bertz CT molecular complexity index is 664. The summed E-state index contributed by atoms with van der Waals surface area (Å²) in [7, 11) is 0. The second kappa shape index (κ2) is 4.15. The van der Waals surface area contributed by atoms with E-state index in [2.05, 4.69) is 31.0 Å². The van der Waals surface area contributed by atoms with Crippen LogP contribution in [0.3, 0.4) is 0 Å². The Kier molecular flexibility index (Phi) is 2.64. The van der Waals surface area contributed by atoms with Gasteiger partial charge in [0.1, 0.15) is 0 Å². The van der Waals surface area contributed by atoms with Crippen LogP contribution in [0.2, 0.25) is 0 Å². The van der Waals surface area contributed by atoms with Crippen molar-refractivity contribution in [1.82, 2.24) is 19.6 Å². The molecule has 7 heteroatoms. The van der Waals surface area contributed by atoms with E-state index in [0.29, 0.717) is 16.7 Å². The maximum absolute atomic E-state index is 5.36. The number of rotatable bonds is 2. The summed E-state index contributed by atoms with van der Waals surface area (Å²) in [6, 6.07) is 3.67. The Balaban J connectivity index is 2.36. The second-order valence-corrected chi connectivity index (χ2v) is 4.87. The van der Waals surface area contributed by atoms with E-state index in [0.717, 1.165) is 10.1 Å². The first-order chi connectivity index (χ1) is 8.29. The third kappa shape index (κ3) is 1.75. The minimum atomic E-state index is 0.648. The van der Waals surface area contributed by atoms with E-state index in [1.807, 2.05) is 18.4 Å². The van der Waals surface area contributed by atoms with Gasteiger partial charge in [-0.2, -0.15) is 14.6 Å². The molecule has 0 aliphatic rings. The summed E-state index contributed by atoms with van der Waals surface area (Å²) < 4.78 is 7.85. The molecule has 0 N–H and O–H groups in total. The maximum Gasteiger partial charge on any atom is 0.201 e. The molecule has 3 aromatic heterocycles. The molecule has 0 bridgehead atoms. The van der Waals surface area contributed by atoms with Gasteiger partial charge >= 0.3 is 0 Å². The molecule has 0 aliphatic carbocycles. The van der Waals surface area contributed by atoms with Crippen molar-refractivity contribution in [3.63, 3.8) is 0 Å². The predicted molar refractivity (Wildman–Crippen MR) is 68.0 cm³/mol. The number of halogens is 1. The van der Waals surface area contributed by atoms with Crippen molar-refractivity contribution in [3.05, 3.63) is 29.1 Å². The van der Waals surface area contributed by atoms with Crippen LogP contribution >= 0.6 is 27.7 Å². The Morgan fingerprint density at radius 2 is 2.29 bits per heavy atom. The van der Waals surface area contributed by atoms with E-state index in [9.17, 15) is 0 Å². The van der Waals surface area contributed by atoms with Crippen molar-refractivity contribution in [2.24, 2.45) is 0 Å². The zero-order chi connectivity index (χ0) is 11.8. The van der Waals surface area contributed by atoms with Gasteiger partial charge in [0.25, 0.3) is 0 Å². The molecule has 0 amide bonds. The average Bonchev–Trinajstić information content (AvgIpc) is 2.98. The average molecular weight is 311 g/mol. The van der Waals surface area contributed by atoms with Crippen molar-refractivity contribution in [3.8, 4) is 11.6 Å². The van der Waals surface area contributed by atoms with Gasteiger partial charge in [0.05, 0.1) is 16.9 Å². The molecule has 0 fully saturated rings. The van der Waals surface area contributed by atoms with Crippen LogP contribution < -0.4 is 0 Å². The second-order valence-electron chi connectivity index (χ2n) is 3.24. The first-order valence-corrected chi connectivity index (χ1v) is 6.80. The van der Waals surface area contributed by atoms with Crippen LogP contribution in [0.15, 0.2) is 38.6 Å². The standard InChI is InChI=1S/C10H7BrN4OS/c1-17-10-13-8-6(11)5-12-15(8)9(14-10)7-3-2-4-16-7/h2-5H,1H3. The number of thioether (sulfide) groups is 1. The first kappa shape index (κ1) is 10.8. The fourth-order valence-electron chi connectivity index (χ4n) is 1.49. The normalized spacial score (nSPS) is 11.2. The molecule has 0 saturated carbocycles. The fraction of sp³-hybridized carbons (Fsp3) is 0.100. The molecular formula is C10H7BrN4OS. The lowest BCUT2D eigenvalue weighted by atomic mass is 10.4. The highest BCUT2D eigenvalue weighted by Gasteiger charge is 2.14. The van der Waals surface area contributed by atoms with Crippen molar-refractivity contribution in [2.75, 3.05) is 6.26 Å². The van der Waals surface area contributed by atoms with Crippen LogP contribution in [0.5, 0.6) is 0 Å². The molecule has 0 saturated heterocycles. The summed E-state index contributed by atoms with van der Waals surface area (Å²) in [5.74, 6) is 1.32. The summed E-state index contributed by atoms with van der Waals surface area (Å²) in [5, 5.41) is 4.91. The smallest absolute Gasteiger partial charge is 0.201 e. The van der Waals surface area contributed by atoms with E-state index < -0.39 is 0 Å². The number of fused-ring (bicyclic) bond motifs is 1. The molecule has 0 aliphatic heterocycles. The predicted octanol–water partition coefficient (Wildman–Crippen LogP) is 2.87. The van der Waals surface area contributed by atoms with Crippen LogP contribution in [0.25, 0.3) is 17.2 Å². The number of nitrogens with zero attached hydrogens (tertiary/aromatic N) is 4. The summed E-state index contributed by atoms with van der Waals surface area (Å²) >= 11 is 4.90. The summed E-state index contributed by atoms with van der Waals surface area (Å²) in [5.41, 5.74) is 0.732. The molecule has 3 aromatic rings. The number of furan rings is 1. The molecule has 0 unspecified atom stereocenters. The fourth-order valence-corrected chi connectivity index (χ4v) is 2.19. The molecule has 5 nitrogen and oxygen atoms in total. The van der Waals surface area contributed by atoms with Gasteiger partial charge in [-0.1, -0.05) is 11.8 Å². The third-order valence-corrected chi connectivity index (χ3v) is 3.34. The van der Waals surface area contributed by atoms with Gasteiger partial charge in [0.15, 0.2) is 16.6 Å². The van der Waals surface area contributed by atoms with Gasteiger partial charge in [-0.05, 0) is 34.3 Å². The SMILES string of the molecule is CSc1nc(-c2ccco2)n2ncc(Br)c2n1. The van der Waals surface area contributed by atoms with Crippen LogP contribution in [-0.4, -0.2) is 25.8 Å². The number of aromatic nitrogens is 4. The lowest BCUT2D eigenvalue weighted by Gasteiger charge is -2.02. The van der Waals surface area contributed by atoms with Gasteiger partial charge in [-0.15, -0.1) is 0 Å². The van der Waals surface area contributed by atoms with Crippen LogP contribution in [0, 0.1) is 0 Å². The Labute approximate surface area is 109 Å². The van der Waals surface area contributed by atoms with Gasteiger partial charge in [0.2, 0.25) is 5.82 Å². The van der Waals surface area contributed by atoms with Gasteiger partial charge in [0, 0.05) is 0 Å². The van der Waals surface area contributed by atoms with Gasteiger partial charge in [-0.3, -0.25) is 0 Å². The summed E-state index contributed by atoms with van der Waals surface area (Å²) in [6.45, 7) is 0. The summed E-state index contributed by atoms with van der Waals surface area (Å²) in [4.78, 5) is 8.80. The number of hydrogen-bond acceptors (Lipinski definition) is 5. The van der Waals surface area contributed by atoms with Gasteiger partial charge < -0.3 is 4.42 Å². The molecule has 0 spiro atoms. The van der Waals surface area contributed by atoms with E-state index in [4.69, 9.17) is 4.42 Å². The van der Waals surface area contributed by atoms with E-state index in [1.165, 1.54) is 11.8 Å². The molecule has 86 valence electrons. The molecule has 0 radical (unpaired) electrons. The quantitative estimate of drug-likeness (QED) is 0.681. The van der Waals surface area contributed by atoms with E-state index in [-0.39, 0.29) is 0 Å². The lowest BCUT2D eigenvalue weighted by Crippen LogP contribution is -2.01. The molecule has 17 heavy (non-hydrogen) atoms. The molecule has 0 atom stereocenters.